The third-order valence-electron chi connectivity index (χ3n) is 14.7. The Morgan fingerprint density at radius 2 is 1.30 bits per heavy atom. The Morgan fingerprint density at radius 1 is 0.773 bits per heavy atom. The van der Waals surface area contributed by atoms with Gasteiger partial charge in [-0.05, 0) is 128 Å². The second kappa shape index (κ2) is 11.2. The van der Waals surface area contributed by atoms with Crippen molar-refractivity contribution >= 4 is 30.9 Å². The number of hydrogen-bond acceptors (Lipinski definition) is 4. The summed E-state index contributed by atoms with van der Waals surface area (Å²) in [7, 11) is -6.31. The first kappa shape index (κ1) is 36.6. The standard InChI is InChI=1S/C37H70O4Si3/c1-25-26-18-19-30-36(11)24-27(39-42(12,13)33(2,3)4)22-28(32(38)41-44(16,17)35(8,9)10)29(36)20-21-37(30,23-26)31(25)40-43(14,15)34(5,6)7/h26-31H,1,18-24H2,2-17H3/t26-,27-,28-,29-,30+,31+,36-,37-/m1/s1. The molecule has 7 heteroatoms. The van der Waals surface area contributed by atoms with Crippen LogP contribution in [0.25, 0.3) is 0 Å². The van der Waals surface area contributed by atoms with Gasteiger partial charge in [-0.3, -0.25) is 4.79 Å². The molecule has 0 amide bonds. The van der Waals surface area contributed by atoms with E-state index in [4.69, 9.17) is 19.9 Å². The van der Waals surface area contributed by atoms with Gasteiger partial charge in [0.25, 0.3) is 14.3 Å². The fraction of sp³-hybridized carbons (Fsp3) is 0.919. The molecule has 2 bridgehead atoms. The summed E-state index contributed by atoms with van der Waals surface area (Å²) in [6, 6.07) is 0. The number of hydrogen-bond donors (Lipinski definition) is 0. The molecule has 0 aliphatic heterocycles. The molecule has 0 heterocycles. The Bertz CT molecular complexity index is 1120. The molecule has 0 unspecified atom stereocenters. The molecule has 0 N–H and O–H groups in total. The lowest BCUT2D eigenvalue weighted by molar-refractivity contribution is -0.180. The molecule has 4 aliphatic rings. The summed E-state index contributed by atoms with van der Waals surface area (Å²) >= 11 is 0. The lowest BCUT2D eigenvalue weighted by Crippen LogP contribution is -2.62. The molecule has 4 aliphatic carbocycles. The maximum absolute atomic E-state index is 14.4. The second-order valence-electron chi connectivity index (χ2n) is 20.5. The van der Waals surface area contributed by atoms with Crippen molar-refractivity contribution in [3.05, 3.63) is 12.2 Å². The second-order valence-corrected chi connectivity index (χ2v) is 34.7. The zero-order valence-electron chi connectivity index (χ0n) is 31.8. The Balaban J connectivity index is 1.77. The quantitative estimate of drug-likeness (QED) is 0.210. The number of carbonyl (C=O) groups is 1. The lowest BCUT2D eigenvalue weighted by Gasteiger charge is -2.64. The Morgan fingerprint density at radius 3 is 1.82 bits per heavy atom. The van der Waals surface area contributed by atoms with Gasteiger partial charge in [0.2, 0.25) is 0 Å². The summed E-state index contributed by atoms with van der Waals surface area (Å²) in [5, 5.41) is 0.271. The van der Waals surface area contributed by atoms with Crippen LogP contribution in [-0.4, -0.2) is 43.1 Å². The van der Waals surface area contributed by atoms with Gasteiger partial charge in [0.05, 0.1) is 12.0 Å². The molecule has 4 saturated carbocycles. The number of carbonyl (C=O) groups excluding carboxylic acids is 1. The van der Waals surface area contributed by atoms with Crippen molar-refractivity contribution in [3.63, 3.8) is 0 Å². The van der Waals surface area contributed by atoms with E-state index in [1.165, 1.54) is 24.8 Å². The summed E-state index contributed by atoms with van der Waals surface area (Å²) in [6.07, 6.45) is 7.93. The SMILES string of the molecule is C=C1[C@@H]2CC[C@H]3[C@]4(C)C[C@H](O[Si](C)(C)C(C)(C)C)C[C@@H](C(=O)O[Si](C)(C)C(C)(C)C)[C@H]4CC[C@]3(C2)[C@H]1O[Si](C)(C)C(C)(C)C. The highest BCUT2D eigenvalue weighted by atomic mass is 28.4. The first-order valence-corrected chi connectivity index (χ1v) is 26.6. The maximum atomic E-state index is 14.4. The Labute approximate surface area is 275 Å². The average molecular weight is 663 g/mol. The summed E-state index contributed by atoms with van der Waals surface area (Å²) in [6.45, 7) is 42.1. The highest BCUT2D eigenvalue weighted by molar-refractivity contribution is 6.75. The summed E-state index contributed by atoms with van der Waals surface area (Å²) in [5.41, 5.74) is 1.50. The molecule has 8 atom stereocenters. The smallest absolute Gasteiger partial charge is 0.296 e. The minimum Gasteiger partial charge on any atom is -0.519 e. The van der Waals surface area contributed by atoms with Gasteiger partial charge in [0, 0.05) is 11.5 Å². The molecule has 1 spiro atoms. The molecular formula is C37H70O4Si3. The minimum atomic E-state index is -2.25. The molecule has 4 rings (SSSR count). The van der Waals surface area contributed by atoms with Gasteiger partial charge in [-0.1, -0.05) is 75.8 Å². The van der Waals surface area contributed by atoms with Gasteiger partial charge in [-0.2, -0.15) is 0 Å². The van der Waals surface area contributed by atoms with E-state index in [0.717, 1.165) is 25.7 Å². The minimum absolute atomic E-state index is 0.00524. The average Bonchev–Trinajstić information content (AvgIpc) is 3.00. The van der Waals surface area contributed by atoms with Crippen molar-refractivity contribution in [2.24, 2.45) is 34.5 Å². The number of fused-ring (bicyclic) bond motifs is 3. The largest absolute Gasteiger partial charge is 0.519 e. The molecule has 4 fully saturated rings. The van der Waals surface area contributed by atoms with Gasteiger partial charge >= 0.3 is 0 Å². The van der Waals surface area contributed by atoms with Crippen molar-refractivity contribution < 1.29 is 18.1 Å². The van der Waals surface area contributed by atoms with E-state index in [0.29, 0.717) is 17.8 Å². The predicted molar refractivity (Wildman–Crippen MR) is 193 cm³/mol. The highest BCUT2D eigenvalue weighted by Crippen LogP contribution is 2.72. The first-order valence-electron chi connectivity index (χ1n) is 17.9. The Hall–Kier alpha value is -0.219. The fourth-order valence-corrected chi connectivity index (χ4v) is 12.7. The normalized spacial score (nSPS) is 37.0. The molecular weight excluding hydrogens is 593 g/mol. The van der Waals surface area contributed by atoms with Crippen molar-refractivity contribution in [1.82, 2.24) is 0 Å². The third kappa shape index (κ3) is 6.09. The molecule has 0 aromatic heterocycles. The van der Waals surface area contributed by atoms with E-state index < -0.39 is 25.0 Å². The van der Waals surface area contributed by atoms with Crippen LogP contribution in [0, 0.1) is 34.5 Å². The molecule has 0 saturated heterocycles. The van der Waals surface area contributed by atoms with Crippen LogP contribution in [0.2, 0.25) is 54.4 Å². The van der Waals surface area contributed by atoms with Gasteiger partial charge < -0.3 is 13.3 Å². The molecule has 44 heavy (non-hydrogen) atoms. The van der Waals surface area contributed by atoms with E-state index in [9.17, 15) is 4.79 Å². The monoisotopic (exact) mass is 662 g/mol. The summed E-state index contributed by atoms with van der Waals surface area (Å²) in [5.74, 6) is 1.37. The van der Waals surface area contributed by atoms with Gasteiger partial charge in [0.1, 0.15) is 0 Å². The van der Waals surface area contributed by atoms with E-state index in [1.807, 2.05) is 0 Å². The summed E-state index contributed by atoms with van der Waals surface area (Å²) in [4.78, 5) is 14.4. The van der Waals surface area contributed by atoms with E-state index in [1.54, 1.807) is 0 Å². The molecule has 0 aromatic rings. The molecule has 254 valence electrons. The summed E-state index contributed by atoms with van der Waals surface area (Å²) < 4.78 is 21.3. The number of rotatable bonds is 6. The third-order valence-corrected chi connectivity index (χ3v) is 28.0. The first-order chi connectivity index (χ1) is 19.6. The van der Waals surface area contributed by atoms with Crippen LogP contribution in [0.3, 0.4) is 0 Å². The van der Waals surface area contributed by atoms with Crippen LogP contribution >= 0.6 is 0 Å². The van der Waals surface area contributed by atoms with Crippen LogP contribution < -0.4 is 0 Å². The Kier molecular flexibility index (Phi) is 9.29. The molecule has 0 aromatic carbocycles. The van der Waals surface area contributed by atoms with Crippen molar-refractivity contribution in [2.75, 3.05) is 0 Å². The van der Waals surface area contributed by atoms with Crippen LogP contribution in [0.15, 0.2) is 12.2 Å². The van der Waals surface area contributed by atoms with Crippen molar-refractivity contribution in [2.45, 2.75) is 181 Å². The van der Waals surface area contributed by atoms with Crippen LogP contribution in [0.1, 0.15) is 114 Å². The lowest BCUT2D eigenvalue weighted by atomic mass is 9.43. The highest BCUT2D eigenvalue weighted by Gasteiger charge is 2.68. The van der Waals surface area contributed by atoms with Gasteiger partial charge in [-0.25, -0.2) is 0 Å². The zero-order valence-corrected chi connectivity index (χ0v) is 34.8. The van der Waals surface area contributed by atoms with Crippen LogP contribution in [0.4, 0.5) is 0 Å². The van der Waals surface area contributed by atoms with Crippen LogP contribution in [-0.2, 0) is 18.1 Å². The van der Waals surface area contributed by atoms with Crippen LogP contribution in [0.5, 0.6) is 0 Å². The zero-order chi connectivity index (χ0) is 33.7. The van der Waals surface area contributed by atoms with Crippen molar-refractivity contribution in [1.29, 1.82) is 0 Å². The molecule has 4 nitrogen and oxygen atoms in total. The van der Waals surface area contributed by atoms with Gasteiger partial charge in [-0.15, -0.1) is 0 Å². The van der Waals surface area contributed by atoms with E-state index in [2.05, 4.69) is 109 Å². The van der Waals surface area contributed by atoms with Gasteiger partial charge in [0.15, 0.2) is 16.6 Å². The van der Waals surface area contributed by atoms with Crippen molar-refractivity contribution in [3.8, 4) is 0 Å². The van der Waals surface area contributed by atoms with E-state index >= 15 is 0 Å². The molecule has 0 radical (unpaired) electrons. The predicted octanol–water partition coefficient (Wildman–Crippen LogP) is 11.1. The topological polar surface area (TPSA) is 44.8 Å². The van der Waals surface area contributed by atoms with E-state index in [-0.39, 0.29) is 50.0 Å². The fourth-order valence-electron chi connectivity index (χ4n) is 9.02. The maximum Gasteiger partial charge on any atom is 0.296 e.